The van der Waals surface area contributed by atoms with E-state index >= 15 is 0 Å². The number of benzene rings is 7. The molecule has 7 aromatic carbocycles. The van der Waals surface area contributed by atoms with E-state index in [-0.39, 0.29) is 10.8 Å². The van der Waals surface area contributed by atoms with Crippen molar-refractivity contribution < 1.29 is 4.42 Å². The van der Waals surface area contributed by atoms with Crippen molar-refractivity contribution in [1.29, 1.82) is 0 Å². The Kier molecular flexibility index (Phi) is 7.67. The molecule has 0 fully saturated rings. The lowest BCUT2D eigenvalue weighted by Crippen LogP contribution is -2.16. The second kappa shape index (κ2) is 12.6. The van der Waals surface area contributed by atoms with Crippen molar-refractivity contribution in [2.24, 2.45) is 0 Å². The maximum Gasteiger partial charge on any atom is 0.143 e. The standard InChI is InChI=1S/C54H45NO/c1-7-14-49-34(2)41-31-32-47-51(52(41)56-49)44-30-29-40(33-48(44)54(47,5)6)55(38-25-21-36(22-26-38)35-15-9-8-10-16-35)39-27-23-37(24-28-39)42-18-13-20-46-50(42)43-17-11-12-19-45(43)53(46,3)4/h7-33H,1-6H3/b14-7-. The maximum absolute atomic E-state index is 6.61. The number of furan rings is 1. The van der Waals surface area contributed by atoms with Gasteiger partial charge in [0.25, 0.3) is 0 Å². The Balaban J connectivity index is 1.11. The van der Waals surface area contributed by atoms with E-state index in [1.807, 2.05) is 6.92 Å². The van der Waals surface area contributed by atoms with Gasteiger partial charge in [-0.1, -0.05) is 149 Å². The highest BCUT2D eigenvalue weighted by molar-refractivity contribution is 6.02. The Labute approximate surface area is 330 Å². The third kappa shape index (κ3) is 5.02. The molecule has 56 heavy (non-hydrogen) atoms. The topological polar surface area (TPSA) is 16.4 Å². The molecule has 0 radical (unpaired) electrons. The highest BCUT2D eigenvalue weighted by Gasteiger charge is 2.39. The maximum atomic E-state index is 6.61. The van der Waals surface area contributed by atoms with Gasteiger partial charge in [-0.2, -0.15) is 0 Å². The predicted octanol–water partition coefficient (Wildman–Crippen LogP) is 15.2. The average molecular weight is 724 g/mol. The van der Waals surface area contributed by atoms with E-state index in [4.69, 9.17) is 4.42 Å². The summed E-state index contributed by atoms with van der Waals surface area (Å²) in [5, 5.41) is 1.18. The monoisotopic (exact) mass is 723 g/mol. The van der Waals surface area contributed by atoms with Gasteiger partial charge in [0.05, 0.1) is 0 Å². The van der Waals surface area contributed by atoms with E-state index in [1.54, 1.807) is 0 Å². The molecule has 0 saturated carbocycles. The fourth-order valence-corrected chi connectivity index (χ4v) is 9.62. The Morgan fingerprint density at radius 1 is 0.482 bits per heavy atom. The van der Waals surface area contributed by atoms with Crippen molar-refractivity contribution in [2.75, 3.05) is 4.90 Å². The lowest BCUT2D eigenvalue weighted by atomic mass is 9.82. The number of hydrogen-bond donors (Lipinski definition) is 0. The zero-order valence-electron chi connectivity index (χ0n) is 32.9. The van der Waals surface area contributed by atoms with Crippen LogP contribution in [0.3, 0.4) is 0 Å². The number of aryl methyl sites for hydroxylation is 1. The van der Waals surface area contributed by atoms with Crippen molar-refractivity contribution >= 4 is 34.1 Å². The summed E-state index contributed by atoms with van der Waals surface area (Å²) in [5.41, 5.74) is 20.7. The second-order valence-corrected chi connectivity index (χ2v) is 16.5. The van der Waals surface area contributed by atoms with Crippen LogP contribution in [0.5, 0.6) is 0 Å². The van der Waals surface area contributed by atoms with Gasteiger partial charge in [0.1, 0.15) is 11.3 Å². The highest BCUT2D eigenvalue weighted by atomic mass is 16.3. The first kappa shape index (κ1) is 34.1. The molecule has 0 bridgehead atoms. The molecule has 0 N–H and O–H groups in total. The molecule has 0 aliphatic heterocycles. The molecular formula is C54H45NO. The number of anilines is 3. The summed E-state index contributed by atoms with van der Waals surface area (Å²) >= 11 is 0. The average Bonchev–Trinajstić information content (AvgIpc) is 3.76. The molecule has 0 saturated heterocycles. The summed E-state index contributed by atoms with van der Waals surface area (Å²) < 4.78 is 6.61. The normalized spacial score (nSPS) is 14.5. The van der Waals surface area contributed by atoms with Crippen LogP contribution in [0.2, 0.25) is 0 Å². The van der Waals surface area contributed by atoms with Crippen molar-refractivity contribution in [3.05, 3.63) is 191 Å². The van der Waals surface area contributed by atoms with Gasteiger partial charge in [0, 0.05) is 44.4 Å². The third-order valence-electron chi connectivity index (χ3n) is 12.6. The number of hydrogen-bond acceptors (Lipinski definition) is 2. The molecule has 0 spiro atoms. The van der Waals surface area contributed by atoms with Gasteiger partial charge in [-0.05, 0) is 118 Å². The summed E-state index contributed by atoms with van der Waals surface area (Å²) in [6.45, 7) is 13.6. The summed E-state index contributed by atoms with van der Waals surface area (Å²) in [6, 6.07) is 56.1. The van der Waals surface area contributed by atoms with Crippen molar-refractivity contribution in [1.82, 2.24) is 0 Å². The first-order valence-electron chi connectivity index (χ1n) is 19.8. The van der Waals surface area contributed by atoms with Crippen molar-refractivity contribution in [3.8, 4) is 44.5 Å². The number of fused-ring (bicyclic) bond motifs is 8. The molecule has 1 aromatic heterocycles. The van der Waals surface area contributed by atoms with Crippen molar-refractivity contribution in [2.45, 2.75) is 52.4 Å². The van der Waals surface area contributed by atoms with E-state index in [9.17, 15) is 0 Å². The molecule has 0 atom stereocenters. The van der Waals surface area contributed by atoms with Crippen molar-refractivity contribution in [3.63, 3.8) is 0 Å². The molecular weight excluding hydrogens is 679 g/mol. The molecule has 2 aliphatic rings. The molecule has 10 rings (SSSR count). The van der Waals surface area contributed by atoms with Crippen LogP contribution in [0, 0.1) is 6.92 Å². The third-order valence-corrected chi connectivity index (χ3v) is 12.6. The Morgan fingerprint density at radius 2 is 1.05 bits per heavy atom. The minimum atomic E-state index is -0.208. The Morgan fingerprint density at radius 3 is 1.79 bits per heavy atom. The summed E-state index contributed by atoms with van der Waals surface area (Å²) in [5.74, 6) is 0.931. The van der Waals surface area contributed by atoms with Crippen LogP contribution in [0.15, 0.2) is 162 Å². The predicted molar refractivity (Wildman–Crippen MR) is 236 cm³/mol. The summed E-state index contributed by atoms with van der Waals surface area (Å²) in [4.78, 5) is 2.41. The fourth-order valence-electron chi connectivity index (χ4n) is 9.62. The first-order valence-corrected chi connectivity index (χ1v) is 19.8. The lowest BCUT2D eigenvalue weighted by Gasteiger charge is -2.28. The van der Waals surface area contributed by atoms with Gasteiger partial charge in [0.2, 0.25) is 0 Å². The molecule has 0 amide bonds. The summed E-state index contributed by atoms with van der Waals surface area (Å²) in [7, 11) is 0. The van der Waals surface area contributed by atoms with Gasteiger partial charge in [-0.15, -0.1) is 0 Å². The van der Waals surface area contributed by atoms with Crippen LogP contribution in [0.4, 0.5) is 17.1 Å². The van der Waals surface area contributed by atoms with Gasteiger partial charge in [0.15, 0.2) is 0 Å². The van der Waals surface area contributed by atoms with E-state index in [0.717, 1.165) is 28.4 Å². The van der Waals surface area contributed by atoms with Gasteiger partial charge in [-0.25, -0.2) is 0 Å². The lowest BCUT2D eigenvalue weighted by molar-refractivity contribution is 0.600. The quantitative estimate of drug-likeness (QED) is 0.170. The van der Waals surface area contributed by atoms with E-state index in [2.05, 4.69) is 203 Å². The first-order chi connectivity index (χ1) is 27.2. The molecule has 1 heterocycles. The van der Waals surface area contributed by atoms with Gasteiger partial charge >= 0.3 is 0 Å². The molecule has 2 nitrogen and oxygen atoms in total. The Hall–Kier alpha value is -6.38. The molecule has 2 heteroatoms. The van der Waals surface area contributed by atoms with Crippen LogP contribution in [0.1, 0.15) is 68.2 Å². The zero-order chi connectivity index (χ0) is 38.3. The molecule has 272 valence electrons. The van der Waals surface area contributed by atoms with Crippen LogP contribution in [-0.2, 0) is 10.8 Å². The highest BCUT2D eigenvalue weighted by Crippen LogP contribution is 2.55. The second-order valence-electron chi connectivity index (χ2n) is 16.5. The molecule has 2 aliphatic carbocycles. The van der Waals surface area contributed by atoms with E-state index < -0.39 is 0 Å². The zero-order valence-corrected chi connectivity index (χ0v) is 32.9. The van der Waals surface area contributed by atoms with Crippen LogP contribution < -0.4 is 4.90 Å². The van der Waals surface area contributed by atoms with E-state index in [0.29, 0.717) is 0 Å². The van der Waals surface area contributed by atoms with Crippen LogP contribution in [0.25, 0.3) is 61.6 Å². The number of nitrogens with zero attached hydrogens (tertiary/aromatic N) is 1. The van der Waals surface area contributed by atoms with Crippen LogP contribution in [-0.4, -0.2) is 0 Å². The minimum Gasteiger partial charge on any atom is -0.456 e. The minimum absolute atomic E-state index is 0.0397. The number of rotatable bonds is 6. The van der Waals surface area contributed by atoms with Gasteiger partial charge < -0.3 is 9.32 Å². The molecule has 0 unspecified atom stereocenters. The number of allylic oxidation sites excluding steroid dienone is 1. The smallest absolute Gasteiger partial charge is 0.143 e. The van der Waals surface area contributed by atoms with Gasteiger partial charge in [-0.3, -0.25) is 0 Å². The summed E-state index contributed by atoms with van der Waals surface area (Å²) in [6.07, 6.45) is 4.12. The largest absolute Gasteiger partial charge is 0.456 e. The Bertz CT molecular complexity index is 2850. The van der Waals surface area contributed by atoms with E-state index in [1.165, 1.54) is 77.7 Å². The van der Waals surface area contributed by atoms with Crippen LogP contribution >= 0.6 is 0 Å². The fraction of sp³-hybridized carbons (Fsp3) is 0.148. The SMILES string of the molecule is C/C=C\c1oc2c3c(ccc2c1C)C(C)(C)c1cc(N(c2ccc(-c4ccccc4)cc2)c2ccc(-c4cccc5c4-c4ccccc4C5(C)C)cc2)ccc1-3. The molecule has 8 aromatic rings.